The van der Waals surface area contributed by atoms with E-state index >= 15 is 0 Å². The van der Waals surface area contributed by atoms with Crippen molar-refractivity contribution in [3.05, 3.63) is 29.6 Å². The van der Waals surface area contributed by atoms with Gasteiger partial charge in [0.05, 0.1) is 5.56 Å². The molecule has 0 aliphatic rings. The third-order valence-corrected chi connectivity index (χ3v) is 1.77. The Morgan fingerprint density at radius 1 is 1.14 bits per heavy atom. The van der Waals surface area contributed by atoms with Crippen molar-refractivity contribution in [2.24, 2.45) is 0 Å². The van der Waals surface area contributed by atoms with Gasteiger partial charge in [0.15, 0.2) is 0 Å². The molecule has 1 nitrogen and oxygen atoms in total. The molecule has 0 heterocycles. The van der Waals surface area contributed by atoms with E-state index in [2.05, 4.69) is 0 Å². The molecule has 0 unspecified atom stereocenters. The molecule has 78 valence electrons. The first-order valence-electron chi connectivity index (χ1n) is 3.86. The fraction of sp³-hybridized carbons (Fsp3) is 0.333. The monoisotopic (exact) mass is 207 g/mol. The number of nitrogens with zero attached hydrogens (tertiary/aromatic N) is 1. The van der Waals surface area contributed by atoms with Gasteiger partial charge in [-0.1, -0.05) is 0 Å². The number of hydrogen-bond donors (Lipinski definition) is 0. The molecule has 0 radical (unpaired) electrons. The largest absolute Gasteiger partial charge is 0.419 e. The van der Waals surface area contributed by atoms with Gasteiger partial charge in [0, 0.05) is 19.8 Å². The molecule has 0 amide bonds. The van der Waals surface area contributed by atoms with E-state index in [-0.39, 0.29) is 0 Å². The van der Waals surface area contributed by atoms with Gasteiger partial charge >= 0.3 is 6.18 Å². The minimum absolute atomic E-state index is 0.318. The van der Waals surface area contributed by atoms with Crippen LogP contribution in [0.2, 0.25) is 0 Å². The summed E-state index contributed by atoms with van der Waals surface area (Å²) in [5.74, 6) is -1.25. The zero-order chi connectivity index (χ0) is 10.9. The molecule has 0 saturated heterocycles. The molecule has 0 atom stereocenters. The number of rotatable bonds is 1. The molecule has 0 aromatic heterocycles. The second-order valence-corrected chi connectivity index (χ2v) is 3.06. The van der Waals surface area contributed by atoms with E-state index in [0.29, 0.717) is 5.69 Å². The molecule has 0 fully saturated rings. The molecule has 0 N–H and O–H groups in total. The molecular weight excluding hydrogens is 198 g/mol. The Bertz CT molecular complexity index is 330. The maximum atomic E-state index is 12.8. The van der Waals surface area contributed by atoms with Crippen LogP contribution in [0.1, 0.15) is 5.56 Å². The van der Waals surface area contributed by atoms with Crippen molar-refractivity contribution >= 4 is 5.69 Å². The maximum absolute atomic E-state index is 12.8. The first-order chi connectivity index (χ1) is 6.32. The maximum Gasteiger partial charge on any atom is 0.419 e. The quantitative estimate of drug-likeness (QED) is 0.640. The van der Waals surface area contributed by atoms with Gasteiger partial charge in [0.25, 0.3) is 0 Å². The fourth-order valence-electron chi connectivity index (χ4n) is 1.01. The number of alkyl halides is 3. The molecule has 0 saturated carbocycles. The summed E-state index contributed by atoms with van der Waals surface area (Å²) >= 11 is 0. The lowest BCUT2D eigenvalue weighted by Crippen LogP contribution is -2.13. The van der Waals surface area contributed by atoms with Gasteiger partial charge in [-0.25, -0.2) is 4.39 Å². The van der Waals surface area contributed by atoms with Crippen LogP contribution in [-0.4, -0.2) is 14.1 Å². The third-order valence-electron chi connectivity index (χ3n) is 1.77. The van der Waals surface area contributed by atoms with Crippen molar-refractivity contribution < 1.29 is 17.6 Å². The first kappa shape index (κ1) is 10.8. The summed E-state index contributed by atoms with van der Waals surface area (Å²) in [6, 6.07) is 2.90. The van der Waals surface area contributed by atoms with Crippen molar-refractivity contribution in [3.8, 4) is 0 Å². The molecule has 0 bridgehead atoms. The van der Waals surface area contributed by atoms with Crippen LogP contribution < -0.4 is 4.90 Å². The van der Waals surface area contributed by atoms with Crippen LogP contribution >= 0.6 is 0 Å². The highest BCUT2D eigenvalue weighted by molar-refractivity contribution is 5.48. The van der Waals surface area contributed by atoms with Crippen LogP contribution in [0, 0.1) is 5.82 Å². The third kappa shape index (κ3) is 2.16. The Labute approximate surface area is 78.9 Å². The number of benzene rings is 1. The van der Waals surface area contributed by atoms with E-state index in [1.54, 1.807) is 14.1 Å². The second kappa shape index (κ2) is 3.48. The molecule has 5 heteroatoms. The summed E-state index contributed by atoms with van der Waals surface area (Å²) in [4.78, 5) is 1.48. The summed E-state index contributed by atoms with van der Waals surface area (Å²) in [7, 11) is 3.18. The zero-order valence-corrected chi connectivity index (χ0v) is 7.69. The summed E-state index contributed by atoms with van der Waals surface area (Å²) in [5.41, 5.74) is -0.914. The van der Waals surface area contributed by atoms with Gasteiger partial charge in [0.1, 0.15) is 5.82 Å². The van der Waals surface area contributed by atoms with Crippen molar-refractivity contribution in [3.63, 3.8) is 0 Å². The van der Waals surface area contributed by atoms with Crippen molar-refractivity contribution in [2.45, 2.75) is 6.18 Å². The predicted octanol–water partition coefficient (Wildman–Crippen LogP) is 2.91. The molecular formula is C9H9F4N. The second-order valence-electron chi connectivity index (χ2n) is 3.06. The normalized spacial score (nSPS) is 11.6. The summed E-state index contributed by atoms with van der Waals surface area (Å²) in [6.45, 7) is 0. The van der Waals surface area contributed by atoms with Crippen molar-refractivity contribution in [1.29, 1.82) is 0 Å². The average Bonchev–Trinajstić information content (AvgIpc) is 2.02. The molecule has 0 spiro atoms. The Hall–Kier alpha value is -1.26. The van der Waals surface area contributed by atoms with Gasteiger partial charge in [-0.3, -0.25) is 0 Å². The minimum Gasteiger partial charge on any atom is -0.378 e. The first-order valence-corrected chi connectivity index (χ1v) is 3.86. The summed E-state index contributed by atoms with van der Waals surface area (Å²) in [5, 5.41) is 0. The molecule has 0 aliphatic heterocycles. The number of halogens is 4. The fourth-order valence-corrected chi connectivity index (χ4v) is 1.01. The van der Waals surface area contributed by atoms with E-state index in [9.17, 15) is 17.6 Å². The number of hydrogen-bond acceptors (Lipinski definition) is 1. The van der Waals surface area contributed by atoms with Gasteiger partial charge in [-0.15, -0.1) is 0 Å². The Kier molecular flexibility index (Phi) is 2.69. The molecule has 14 heavy (non-hydrogen) atoms. The van der Waals surface area contributed by atoms with Crippen LogP contribution in [-0.2, 0) is 6.18 Å². The van der Waals surface area contributed by atoms with Crippen LogP contribution in [0.4, 0.5) is 23.2 Å². The lowest BCUT2D eigenvalue weighted by atomic mass is 10.1. The lowest BCUT2D eigenvalue weighted by molar-refractivity contribution is -0.139. The Morgan fingerprint density at radius 3 is 2.14 bits per heavy atom. The van der Waals surface area contributed by atoms with Crippen molar-refractivity contribution in [2.75, 3.05) is 19.0 Å². The van der Waals surface area contributed by atoms with Gasteiger partial charge in [-0.2, -0.15) is 13.2 Å². The molecule has 0 aliphatic carbocycles. The predicted molar refractivity (Wildman–Crippen MR) is 45.7 cm³/mol. The molecule has 1 aromatic carbocycles. The zero-order valence-electron chi connectivity index (χ0n) is 7.69. The number of anilines is 1. The van der Waals surface area contributed by atoms with E-state index in [4.69, 9.17) is 0 Å². The van der Waals surface area contributed by atoms with E-state index < -0.39 is 17.6 Å². The van der Waals surface area contributed by atoms with E-state index in [1.807, 2.05) is 0 Å². The van der Waals surface area contributed by atoms with Crippen LogP contribution in [0.15, 0.2) is 18.2 Å². The molecule has 1 aromatic rings. The lowest BCUT2D eigenvalue weighted by Gasteiger charge is -2.15. The van der Waals surface area contributed by atoms with Crippen LogP contribution in [0.25, 0.3) is 0 Å². The molecule has 1 rings (SSSR count). The minimum atomic E-state index is -4.64. The van der Waals surface area contributed by atoms with Crippen molar-refractivity contribution in [1.82, 2.24) is 0 Å². The Balaban J connectivity index is 3.22. The van der Waals surface area contributed by atoms with E-state index in [0.717, 1.165) is 12.1 Å². The van der Waals surface area contributed by atoms with Crippen LogP contribution in [0.5, 0.6) is 0 Å². The Morgan fingerprint density at radius 2 is 1.71 bits per heavy atom. The smallest absolute Gasteiger partial charge is 0.378 e. The highest BCUT2D eigenvalue weighted by Gasteiger charge is 2.34. The highest BCUT2D eigenvalue weighted by atomic mass is 19.4. The van der Waals surface area contributed by atoms with Gasteiger partial charge in [0.2, 0.25) is 0 Å². The summed E-state index contributed by atoms with van der Waals surface area (Å²) < 4.78 is 49.5. The topological polar surface area (TPSA) is 3.24 Å². The van der Waals surface area contributed by atoms with Crippen LogP contribution in [0.3, 0.4) is 0 Å². The van der Waals surface area contributed by atoms with Gasteiger partial charge < -0.3 is 4.90 Å². The average molecular weight is 207 g/mol. The SMILES string of the molecule is CN(C)c1ccc(F)c(C(F)(F)F)c1. The highest BCUT2D eigenvalue weighted by Crippen LogP contribution is 2.33. The van der Waals surface area contributed by atoms with Gasteiger partial charge in [-0.05, 0) is 18.2 Å². The summed E-state index contributed by atoms with van der Waals surface area (Å²) in [6.07, 6.45) is -4.64. The standard InChI is InChI=1S/C9H9F4N/c1-14(2)6-3-4-8(10)7(5-6)9(11,12)13/h3-5H,1-2H3. The van der Waals surface area contributed by atoms with E-state index in [1.165, 1.54) is 11.0 Å².